The number of nitrogens with one attached hydrogen (secondary N) is 1. The molecule has 0 atom stereocenters. The number of ether oxygens (including phenoxy) is 2. The highest BCUT2D eigenvalue weighted by molar-refractivity contribution is 5.81. The van der Waals surface area contributed by atoms with Gasteiger partial charge in [0.05, 0.1) is 30.5 Å². The third-order valence-corrected chi connectivity index (χ3v) is 6.74. The van der Waals surface area contributed by atoms with Crippen molar-refractivity contribution in [2.75, 3.05) is 25.1 Å². The number of benzene rings is 2. The Kier molecular flexibility index (Phi) is 9.14. The number of carbonyl (C=O) groups is 1. The number of hydrogen-bond acceptors (Lipinski definition) is 9. The molecule has 4 rings (SSSR count). The van der Waals surface area contributed by atoms with Crippen molar-refractivity contribution in [3.63, 3.8) is 0 Å². The van der Waals surface area contributed by atoms with E-state index in [1.807, 2.05) is 4.90 Å². The summed E-state index contributed by atoms with van der Waals surface area (Å²) in [6, 6.07) is 12.3. The van der Waals surface area contributed by atoms with Gasteiger partial charge in [0.1, 0.15) is 23.2 Å². The van der Waals surface area contributed by atoms with Crippen molar-refractivity contribution >= 4 is 12.0 Å². The topological polar surface area (TPSA) is 150 Å². The Hall–Kier alpha value is -4.47. The van der Waals surface area contributed by atoms with E-state index in [-0.39, 0.29) is 34.4 Å². The number of nitrogens with zero attached hydrogens (tertiary/aromatic N) is 4. The van der Waals surface area contributed by atoms with Crippen LogP contribution in [-0.2, 0) is 11.3 Å². The van der Waals surface area contributed by atoms with Crippen LogP contribution in [0.3, 0.4) is 0 Å². The monoisotopic (exact) mass is 579 g/mol. The van der Waals surface area contributed by atoms with Crippen molar-refractivity contribution in [3.8, 4) is 34.2 Å². The molecule has 1 amide bonds. The smallest absolute Gasteiger partial charge is 0.407 e. The Morgan fingerprint density at radius 3 is 2.36 bits per heavy atom. The number of rotatable bonds is 7. The van der Waals surface area contributed by atoms with Crippen LogP contribution in [0.5, 0.6) is 5.75 Å². The van der Waals surface area contributed by atoms with E-state index >= 15 is 0 Å². The van der Waals surface area contributed by atoms with Gasteiger partial charge >= 0.3 is 6.09 Å². The normalized spacial score (nSPS) is 14.0. The summed E-state index contributed by atoms with van der Waals surface area (Å²) in [4.78, 5) is 33.0. The number of amides is 1. The highest BCUT2D eigenvalue weighted by Crippen LogP contribution is 2.32. The van der Waals surface area contributed by atoms with Gasteiger partial charge in [0.15, 0.2) is 6.29 Å². The van der Waals surface area contributed by atoms with Gasteiger partial charge in [-0.15, -0.1) is 0 Å². The molecule has 3 aromatic rings. The molecule has 1 saturated heterocycles. The number of methoxy groups -OCH3 is 1. The van der Waals surface area contributed by atoms with Crippen molar-refractivity contribution in [1.29, 1.82) is 5.26 Å². The molecule has 0 bridgehead atoms. The first kappa shape index (κ1) is 30.5. The molecule has 1 aromatic heterocycles. The van der Waals surface area contributed by atoms with Crippen LogP contribution in [0.25, 0.3) is 22.4 Å². The van der Waals surface area contributed by atoms with Crippen LogP contribution < -0.4 is 20.5 Å². The molecule has 0 spiro atoms. The second kappa shape index (κ2) is 12.6. The molecule has 11 nitrogen and oxygen atoms in total. The van der Waals surface area contributed by atoms with Gasteiger partial charge in [0.25, 0.3) is 5.56 Å². The molecule has 12 heteroatoms. The average Bonchev–Trinajstić information content (AvgIpc) is 2.93. The third kappa shape index (κ3) is 7.05. The molecule has 1 aliphatic heterocycles. The summed E-state index contributed by atoms with van der Waals surface area (Å²) in [6.07, 6.45) is -1.35. The summed E-state index contributed by atoms with van der Waals surface area (Å²) >= 11 is 0. The first-order valence-corrected chi connectivity index (χ1v) is 13.5. The van der Waals surface area contributed by atoms with Crippen LogP contribution in [0.15, 0.2) is 47.3 Å². The Morgan fingerprint density at radius 2 is 1.81 bits per heavy atom. The van der Waals surface area contributed by atoms with E-state index in [0.717, 1.165) is 6.07 Å². The summed E-state index contributed by atoms with van der Waals surface area (Å²) in [7, 11) is 1.51. The minimum Gasteiger partial charge on any atom is -0.497 e. The number of aliphatic hydroxyl groups is 2. The largest absolute Gasteiger partial charge is 0.497 e. The van der Waals surface area contributed by atoms with Gasteiger partial charge in [0.2, 0.25) is 5.95 Å². The van der Waals surface area contributed by atoms with Gasteiger partial charge in [-0.25, -0.2) is 14.2 Å². The fourth-order valence-electron chi connectivity index (χ4n) is 4.79. The number of anilines is 1. The molecule has 2 aromatic carbocycles. The van der Waals surface area contributed by atoms with E-state index in [2.05, 4.69) is 5.32 Å². The second-order valence-corrected chi connectivity index (χ2v) is 11.0. The molecule has 42 heavy (non-hydrogen) atoms. The predicted molar refractivity (Wildman–Crippen MR) is 153 cm³/mol. The first-order valence-electron chi connectivity index (χ1n) is 13.5. The van der Waals surface area contributed by atoms with Crippen molar-refractivity contribution in [2.24, 2.45) is 0 Å². The van der Waals surface area contributed by atoms with E-state index in [1.54, 1.807) is 51.1 Å². The lowest BCUT2D eigenvalue weighted by atomic mass is 9.99. The standard InChI is InChI=1S/C30H34FN5O6/c1-30(2,3)42-29(40)33-21-11-13-35(14-12-21)28-34-26(19-5-6-20(16-32)23(31)15-19)25(27(39)36(28)17-24(37)38)18-7-9-22(41-4)10-8-18/h5-10,15,21,24,37-38H,11-14,17H2,1-4H3,(H,33,40). The maximum Gasteiger partial charge on any atom is 0.407 e. The Balaban J connectivity index is 1.79. The molecule has 1 aliphatic rings. The molecule has 0 saturated carbocycles. The number of halogens is 1. The highest BCUT2D eigenvalue weighted by atomic mass is 19.1. The van der Waals surface area contributed by atoms with Gasteiger partial charge in [-0.2, -0.15) is 5.26 Å². The van der Waals surface area contributed by atoms with Crippen molar-refractivity contribution in [3.05, 3.63) is 64.2 Å². The van der Waals surface area contributed by atoms with Crippen LogP contribution in [0.1, 0.15) is 39.2 Å². The van der Waals surface area contributed by atoms with Gasteiger partial charge in [0, 0.05) is 24.7 Å². The Labute approximate surface area is 242 Å². The lowest BCUT2D eigenvalue weighted by Crippen LogP contribution is -2.47. The minimum absolute atomic E-state index is 0.118. The van der Waals surface area contributed by atoms with Crippen LogP contribution in [-0.4, -0.2) is 64.0 Å². The Morgan fingerprint density at radius 1 is 1.17 bits per heavy atom. The van der Waals surface area contributed by atoms with Gasteiger partial charge in [-0.05, 0) is 63.4 Å². The molecule has 2 heterocycles. The van der Waals surface area contributed by atoms with E-state index < -0.39 is 35.9 Å². The summed E-state index contributed by atoms with van der Waals surface area (Å²) in [5, 5.41) is 31.9. The lowest BCUT2D eigenvalue weighted by Gasteiger charge is -2.35. The van der Waals surface area contributed by atoms with Crippen LogP contribution in [0.2, 0.25) is 0 Å². The lowest BCUT2D eigenvalue weighted by molar-refractivity contribution is -0.0518. The molecule has 222 valence electrons. The number of aliphatic hydroxyl groups excluding tert-OH is 1. The molecule has 3 N–H and O–H groups in total. The fraction of sp³-hybridized carbons (Fsp3) is 0.400. The SMILES string of the molecule is COc1ccc(-c2c(-c3ccc(C#N)c(F)c3)nc(N3CCC(NC(=O)OC(C)(C)C)CC3)n(CC(O)O)c2=O)cc1. The van der Waals surface area contributed by atoms with Gasteiger partial charge < -0.3 is 29.9 Å². The summed E-state index contributed by atoms with van der Waals surface area (Å²) in [5.74, 6) is -0.0351. The number of hydrogen-bond donors (Lipinski definition) is 3. The molecule has 1 fully saturated rings. The number of aromatic nitrogens is 2. The molecule has 0 aliphatic carbocycles. The van der Waals surface area contributed by atoms with Crippen LogP contribution in [0, 0.1) is 17.1 Å². The van der Waals surface area contributed by atoms with E-state index in [9.17, 15) is 29.5 Å². The number of nitriles is 1. The highest BCUT2D eigenvalue weighted by Gasteiger charge is 2.29. The molecule has 0 unspecified atom stereocenters. The predicted octanol–water partition coefficient (Wildman–Crippen LogP) is 3.40. The average molecular weight is 580 g/mol. The zero-order valence-electron chi connectivity index (χ0n) is 23.9. The second-order valence-electron chi connectivity index (χ2n) is 11.0. The van der Waals surface area contributed by atoms with Gasteiger partial charge in [-0.1, -0.05) is 18.2 Å². The zero-order chi connectivity index (χ0) is 30.6. The number of carbonyl (C=O) groups excluding carboxylic acids is 1. The van der Waals surface area contributed by atoms with Gasteiger partial charge in [-0.3, -0.25) is 9.36 Å². The zero-order valence-corrected chi connectivity index (χ0v) is 23.9. The number of alkyl carbamates (subject to hydrolysis) is 1. The van der Waals surface area contributed by atoms with Crippen LogP contribution >= 0.6 is 0 Å². The van der Waals surface area contributed by atoms with Crippen LogP contribution in [0.4, 0.5) is 15.1 Å². The van der Waals surface area contributed by atoms with E-state index in [1.165, 1.54) is 23.8 Å². The molecular formula is C30H34FN5O6. The quantitative estimate of drug-likeness (QED) is 0.358. The van der Waals surface area contributed by atoms with E-state index in [4.69, 9.17) is 14.5 Å². The van der Waals surface area contributed by atoms with Crippen molar-refractivity contribution < 1.29 is 28.9 Å². The number of piperidine rings is 1. The summed E-state index contributed by atoms with van der Waals surface area (Å²) in [6.45, 7) is 5.66. The third-order valence-electron chi connectivity index (χ3n) is 6.74. The van der Waals surface area contributed by atoms with E-state index in [0.29, 0.717) is 37.2 Å². The maximum absolute atomic E-state index is 14.8. The minimum atomic E-state index is -1.85. The summed E-state index contributed by atoms with van der Waals surface area (Å²) < 4.78 is 26.5. The fourth-order valence-corrected chi connectivity index (χ4v) is 4.79. The summed E-state index contributed by atoms with van der Waals surface area (Å²) in [5.41, 5.74) is -0.333. The van der Waals surface area contributed by atoms with Crippen molar-refractivity contribution in [2.45, 2.75) is 58.1 Å². The molecular weight excluding hydrogens is 545 g/mol. The Bertz CT molecular complexity index is 1530. The molecule has 0 radical (unpaired) electrons. The maximum atomic E-state index is 14.8. The van der Waals surface area contributed by atoms with Crippen molar-refractivity contribution in [1.82, 2.24) is 14.9 Å². The first-order chi connectivity index (χ1) is 19.9.